The number of hydrogen-bond donors (Lipinski definition) is 2. The second kappa shape index (κ2) is 8.91. The van der Waals surface area contributed by atoms with Crippen LogP contribution in [0.3, 0.4) is 0 Å². The molecule has 0 radical (unpaired) electrons. The predicted molar refractivity (Wildman–Crippen MR) is 119 cm³/mol. The van der Waals surface area contributed by atoms with Crippen molar-refractivity contribution in [3.63, 3.8) is 0 Å². The van der Waals surface area contributed by atoms with Gasteiger partial charge in [0.1, 0.15) is 5.60 Å². The molecule has 1 aliphatic heterocycles. The van der Waals surface area contributed by atoms with Crippen molar-refractivity contribution in [1.29, 1.82) is 0 Å². The quantitative estimate of drug-likeness (QED) is 0.702. The summed E-state index contributed by atoms with van der Waals surface area (Å²) in [5, 5.41) is 10.3. The van der Waals surface area contributed by atoms with Gasteiger partial charge in [0.2, 0.25) is 5.91 Å². The lowest BCUT2D eigenvalue weighted by atomic mass is 9.93. The molecular weight excluding hydrogens is 394 g/mol. The minimum absolute atomic E-state index is 0.0907. The van der Waals surface area contributed by atoms with Crippen LogP contribution in [0.2, 0.25) is 0 Å². The van der Waals surface area contributed by atoms with Crippen LogP contribution >= 0.6 is 0 Å². The second-order valence-corrected chi connectivity index (χ2v) is 9.12. The number of amides is 2. The molecule has 0 aliphatic carbocycles. The van der Waals surface area contributed by atoms with Gasteiger partial charge < -0.3 is 15.4 Å². The van der Waals surface area contributed by atoms with Crippen molar-refractivity contribution >= 4 is 17.7 Å². The van der Waals surface area contributed by atoms with Crippen LogP contribution < -0.4 is 10.6 Å². The smallest absolute Gasteiger partial charge is 0.408 e. The Bertz CT molecular complexity index is 987. The third-order valence-electron chi connectivity index (χ3n) is 5.04. The number of fused-ring (bicyclic) bond motifs is 4. The highest BCUT2D eigenvalue weighted by molar-refractivity contribution is 5.97. The van der Waals surface area contributed by atoms with Crippen LogP contribution in [-0.4, -0.2) is 32.4 Å². The van der Waals surface area contributed by atoms with E-state index in [4.69, 9.17) is 4.74 Å². The fourth-order valence-electron chi connectivity index (χ4n) is 3.55. The van der Waals surface area contributed by atoms with Crippen molar-refractivity contribution in [1.82, 2.24) is 20.1 Å². The number of nitrogens with one attached hydrogen (secondary N) is 2. The highest BCUT2D eigenvalue weighted by Crippen LogP contribution is 2.31. The van der Waals surface area contributed by atoms with E-state index < -0.39 is 17.7 Å². The molecule has 1 aliphatic rings. The highest BCUT2D eigenvalue weighted by Gasteiger charge is 2.25. The largest absolute Gasteiger partial charge is 0.444 e. The van der Waals surface area contributed by atoms with E-state index in [-0.39, 0.29) is 17.7 Å². The molecule has 0 saturated heterocycles. The van der Waals surface area contributed by atoms with Gasteiger partial charge in [-0.1, -0.05) is 26.0 Å². The van der Waals surface area contributed by atoms with E-state index in [1.165, 1.54) is 0 Å². The summed E-state index contributed by atoms with van der Waals surface area (Å²) in [5.74, 6) is -0.305. The van der Waals surface area contributed by atoms with Crippen LogP contribution in [0.15, 0.2) is 36.7 Å². The minimum Gasteiger partial charge on any atom is -0.444 e. The lowest BCUT2D eigenvalue weighted by Crippen LogP contribution is -2.35. The minimum atomic E-state index is -0.606. The first-order chi connectivity index (χ1) is 14.5. The van der Waals surface area contributed by atoms with Crippen LogP contribution in [0.25, 0.3) is 11.3 Å². The molecule has 2 aromatic heterocycles. The van der Waals surface area contributed by atoms with E-state index in [1.54, 1.807) is 17.1 Å². The number of rotatable bonds is 2. The van der Waals surface area contributed by atoms with E-state index in [0.717, 1.165) is 11.3 Å². The molecule has 2 aromatic rings. The maximum Gasteiger partial charge on any atom is 0.408 e. The molecule has 2 amide bonds. The summed E-state index contributed by atoms with van der Waals surface area (Å²) < 4.78 is 7.16. The maximum atomic E-state index is 13.0. The molecule has 3 rings (SSSR count). The Morgan fingerprint density at radius 3 is 2.77 bits per heavy atom. The average Bonchev–Trinajstić information content (AvgIpc) is 3.01. The Morgan fingerprint density at radius 2 is 2.10 bits per heavy atom. The molecule has 0 aromatic carbocycles. The summed E-state index contributed by atoms with van der Waals surface area (Å²) >= 11 is 0. The molecule has 2 atom stereocenters. The van der Waals surface area contributed by atoms with Crippen LogP contribution in [-0.2, 0) is 16.6 Å². The summed E-state index contributed by atoms with van der Waals surface area (Å²) in [6.07, 6.45) is 7.13. The third kappa shape index (κ3) is 5.51. The number of hydrogen-bond acceptors (Lipinski definition) is 5. The first-order valence-electron chi connectivity index (χ1n) is 10.5. The zero-order chi connectivity index (χ0) is 22.8. The Labute approximate surface area is 183 Å². The van der Waals surface area contributed by atoms with Crippen molar-refractivity contribution in [2.24, 2.45) is 18.9 Å². The molecular formula is C23H31N5O3. The van der Waals surface area contributed by atoms with Crippen molar-refractivity contribution < 1.29 is 14.3 Å². The molecule has 3 heterocycles. The summed E-state index contributed by atoms with van der Waals surface area (Å²) in [6, 6.07) is 3.37. The van der Waals surface area contributed by atoms with Crippen molar-refractivity contribution in [2.45, 2.75) is 52.7 Å². The zero-order valence-electron chi connectivity index (χ0n) is 19.0. The molecule has 0 spiro atoms. The van der Waals surface area contributed by atoms with Gasteiger partial charge >= 0.3 is 6.09 Å². The van der Waals surface area contributed by atoms with E-state index >= 15 is 0 Å². The number of carbonyl (C=O) groups is 2. The number of alkyl carbamates (subject to hydrolysis) is 1. The summed E-state index contributed by atoms with van der Waals surface area (Å²) in [5.41, 5.74) is 2.36. The maximum absolute atomic E-state index is 13.0. The predicted octanol–water partition coefficient (Wildman–Crippen LogP) is 4.22. The second-order valence-electron chi connectivity index (χ2n) is 9.12. The Hall–Kier alpha value is -3.16. The number of carbonyl (C=O) groups excluding carboxylic acids is 2. The molecule has 166 valence electrons. The van der Waals surface area contributed by atoms with Crippen LogP contribution in [0.4, 0.5) is 10.5 Å². The van der Waals surface area contributed by atoms with Crippen LogP contribution in [0.1, 0.15) is 52.8 Å². The van der Waals surface area contributed by atoms with Crippen LogP contribution in [0.5, 0.6) is 0 Å². The molecule has 0 unspecified atom stereocenters. The highest BCUT2D eigenvalue weighted by atomic mass is 16.6. The molecule has 0 fully saturated rings. The van der Waals surface area contributed by atoms with Gasteiger partial charge in [0.15, 0.2) is 0 Å². The molecule has 2 N–H and O–H groups in total. The summed E-state index contributed by atoms with van der Waals surface area (Å²) in [7, 11) is 1.83. The van der Waals surface area contributed by atoms with Gasteiger partial charge in [-0.3, -0.25) is 14.5 Å². The number of aryl methyl sites for hydroxylation is 1. The summed E-state index contributed by atoms with van der Waals surface area (Å²) in [6.45, 7) is 9.47. The number of aromatic nitrogens is 3. The fourth-order valence-corrected chi connectivity index (χ4v) is 3.55. The SMILES string of the molecule is CC(C)[C@@H]1C=CC[C@H](NC(=O)OC(C)(C)C)c2cc(ccn2)-c2c(cnn2C)NC1=O. The number of nitrogens with zero attached hydrogens (tertiary/aromatic N) is 3. The summed E-state index contributed by atoms with van der Waals surface area (Å²) in [4.78, 5) is 30.0. The Morgan fingerprint density at radius 1 is 1.35 bits per heavy atom. The topological polar surface area (TPSA) is 98.1 Å². The lowest BCUT2D eigenvalue weighted by Gasteiger charge is -2.24. The molecule has 31 heavy (non-hydrogen) atoms. The monoisotopic (exact) mass is 425 g/mol. The molecule has 2 bridgehead atoms. The van der Waals surface area contributed by atoms with E-state index in [9.17, 15) is 9.59 Å². The Kier molecular flexibility index (Phi) is 6.48. The molecule has 8 heteroatoms. The number of pyridine rings is 1. The van der Waals surface area contributed by atoms with Gasteiger partial charge in [-0.2, -0.15) is 5.10 Å². The van der Waals surface area contributed by atoms with Gasteiger partial charge in [-0.15, -0.1) is 0 Å². The van der Waals surface area contributed by atoms with Gasteiger partial charge in [0.05, 0.1) is 35.2 Å². The van der Waals surface area contributed by atoms with Crippen molar-refractivity contribution in [3.8, 4) is 11.3 Å². The number of ether oxygens (including phenoxy) is 1. The van der Waals surface area contributed by atoms with Crippen molar-refractivity contribution in [2.75, 3.05) is 5.32 Å². The third-order valence-corrected chi connectivity index (χ3v) is 5.04. The van der Waals surface area contributed by atoms with E-state index in [1.807, 2.05) is 66.0 Å². The van der Waals surface area contributed by atoms with Gasteiger partial charge in [0, 0.05) is 18.8 Å². The lowest BCUT2D eigenvalue weighted by molar-refractivity contribution is -0.119. The molecule has 0 saturated carbocycles. The van der Waals surface area contributed by atoms with E-state index in [0.29, 0.717) is 17.8 Å². The fraction of sp³-hybridized carbons (Fsp3) is 0.478. The van der Waals surface area contributed by atoms with E-state index in [2.05, 4.69) is 20.7 Å². The first-order valence-corrected chi connectivity index (χ1v) is 10.5. The average molecular weight is 426 g/mol. The Balaban J connectivity index is 2.05. The van der Waals surface area contributed by atoms with Gasteiger partial charge in [-0.05, 0) is 45.2 Å². The van der Waals surface area contributed by atoms with Gasteiger partial charge in [0.25, 0.3) is 0 Å². The first kappa shape index (κ1) is 22.5. The van der Waals surface area contributed by atoms with Gasteiger partial charge in [-0.25, -0.2) is 4.79 Å². The van der Waals surface area contributed by atoms with Crippen molar-refractivity contribution in [3.05, 3.63) is 42.4 Å². The zero-order valence-corrected chi connectivity index (χ0v) is 19.0. The normalized spacial score (nSPS) is 19.1. The van der Waals surface area contributed by atoms with Crippen LogP contribution in [0, 0.1) is 11.8 Å². The molecule has 8 nitrogen and oxygen atoms in total. The number of anilines is 1. The standard InChI is InChI=1S/C23H31N5O3/c1-14(2)16-8-7-9-17(27-22(30)31-23(3,4)5)18-12-15(10-11-24-18)20-19(26-21(16)29)13-25-28(20)6/h7-8,10-14,16-17H,9H2,1-6H3,(H,26,29)(H,27,30)/t16-,17-/m0/s1.